The number of carbonyl (C=O) groups excluding carboxylic acids is 2. The molecule has 152 valence electrons. The standard InChI is InChI=1S/C22H19N3O4S/c1-25-16-10-9-14(12-19(16)30-21-15(22(25)27)6-5-11-23-21)24-20(26)13-29-18-8-4-3-7-17(18)28-2/h3-12H,13H2,1-2H3,(H,24,26). The number of para-hydroxylation sites is 2. The fourth-order valence-corrected chi connectivity index (χ4v) is 4.14. The van der Waals surface area contributed by atoms with Gasteiger partial charge in [0.15, 0.2) is 18.1 Å². The Labute approximate surface area is 178 Å². The number of rotatable bonds is 5. The molecule has 0 unspecified atom stereocenters. The molecule has 0 aliphatic carbocycles. The van der Waals surface area contributed by atoms with Crippen molar-refractivity contribution in [3.63, 3.8) is 0 Å². The number of ether oxygens (including phenoxy) is 2. The molecule has 3 aromatic rings. The zero-order chi connectivity index (χ0) is 21.1. The largest absolute Gasteiger partial charge is 0.493 e. The minimum Gasteiger partial charge on any atom is -0.493 e. The number of benzene rings is 2. The first-order chi connectivity index (χ1) is 14.6. The maximum atomic E-state index is 12.7. The van der Waals surface area contributed by atoms with Crippen LogP contribution in [0.2, 0.25) is 0 Å². The van der Waals surface area contributed by atoms with Crippen LogP contribution in [0.25, 0.3) is 0 Å². The van der Waals surface area contributed by atoms with E-state index in [2.05, 4.69) is 10.3 Å². The highest BCUT2D eigenvalue weighted by atomic mass is 32.2. The minimum atomic E-state index is -0.303. The molecule has 0 saturated heterocycles. The number of nitrogens with one attached hydrogen (secondary N) is 1. The number of nitrogens with zero attached hydrogens (tertiary/aromatic N) is 2. The predicted octanol–water partition coefficient (Wildman–Crippen LogP) is 3.85. The van der Waals surface area contributed by atoms with Gasteiger partial charge in [-0.05, 0) is 42.5 Å². The summed E-state index contributed by atoms with van der Waals surface area (Å²) in [4.78, 5) is 31.8. The SMILES string of the molecule is COc1ccccc1OCC(=O)Nc1ccc2c(c1)Sc1ncccc1C(=O)N2C. The Morgan fingerprint density at radius 3 is 2.73 bits per heavy atom. The Morgan fingerprint density at radius 2 is 1.93 bits per heavy atom. The van der Waals surface area contributed by atoms with Crippen LogP contribution in [0.1, 0.15) is 10.4 Å². The molecule has 2 heterocycles. The lowest BCUT2D eigenvalue weighted by Crippen LogP contribution is -2.26. The van der Waals surface area contributed by atoms with Crippen LogP contribution in [0.4, 0.5) is 11.4 Å². The number of hydrogen-bond donors (Lipinski definition) is 1. The number of methoxy groups -OCH3 is 1. The van der Waals surface area contributed by atoms with Gasteiger partial charge in [0, 0.05) is 23.8 Å². The molecule has 8 heteroatoms. The molecule has 0 bridgehead atoms. The predicted molar refractivity (Wildman–Crippen MR) is 115 cm³/mol. The Kier molecular flexibility index (Phi) is 5.58. The van der Waals surface area contributed by atoms with E-state index < -0.39 is 0 Å². The van der Waals surface area contributed by atoms with Crippen molar-refractivity contribution in [2.75, 3.05) is 31.0 Å². The van der Waals surface area contributed by atoms with E-state index in [9.17, 15) is 9.59 Å². The summed E-state index contributed by atoms with van der Waals surface area (Å²) >= 11 is 1.39. The molecule has 1 aliphatic heterocycles. The van der Waals surface area contributed by atoms with Crippen LogP contribution >= 0.6 is 11.8 Å². The summed E-state index contributed by atoms with van der Waals surface area (Å²) in [5, 5.41) is 3.46. The number of pyridine rings is 1. The molecule has 30 heavy (non-hydrogen) atoms. The van der Waals surface area contributed by atoms with E-state index in [-0.39, 0.29) is 18.4 Å². The molecule has 2 amide bonds. The lowest BCUT2D eigenvalue weighted by atomic mass is 10.2. The summed E-state index contributed by atoms with van der Waals surface area (Å²) in [6, 6.07) is 16.0. The van der Waals surface area contributed by atoms with Crippen molar-refractivity contribution in [2.24, 2.45) is 0 Å². The molecule has 0 atom stereocenters. The summed E-state index contributed by atoms with van der Waals surface area (Å²) in [5.41, 5.74) is 1.92. The fraction of sp³-hybridized carbons (Fsp3) is 0.136. The third-order valence-corrected chi connectivity index (χ3v) is 5.61. The molecular weight excluding hydrogens is 402 g/mol. The molecule has 4 rings (SSSR count). The van der Waals surface area contributed by atoms with Crippen molar-refractivity contribution in [2.45, 2.75) is 9.92 Å². The first-order valence-corrected chi connectivity index (χ1v) is 9.99. The van der Waals surface area contributed by atoms with Crippen molar-refractivity contribution < 1.29 is 19.1 Å². The maximum Gasteiger partial charge on any atom is 0.262 e. The second kappa shape index (κ2) is 8.46. The molecule has 0 spiro atoms. The van der Waals surface area contributed by atoms with Crippen LogP contribution in [0.5, 0.6) is 11.5 Å². The summed E-state index contributed by atoms with van der Waals surface area (Å²) in [5.74, 6) is 0.634. The van der Waals surface area contributed by atoms with E-state index in [1.807, 2.05) is 24.3 Å². The van der Waals surface area contributed by atoms with Crippen LogP contribution < -0.4 is 19.7 Å². The normalized spacial score (nSPS) is 12.5. The minimum absolute atomic E-state index is 0.119. The van der Waals surface area contributed by atoms with Gasteiger partial charge in [-0.25, -0.2) is 4.98 Å². The molecule has 0 radical (unpaired) electrons. The third kappa shape index (κ3) is 3.95. The number of carbonyl (C=O) groups is 2. The van der Waals surface area contributed by atoms with Gasteiger partial charge in [0.25, 0.3) is 11.8 Å². The molecular formula is C22H19N3O4S. The summed E-state index contributed by atoms with van der Waals surface area (Å²) in [6.07, 6.45) is 1.66. The first kappa shape index (κ1) is 19.8. The second-order valence-corrected chi connectivity index (χ2v) is 7.52. The summed E-state index contributed by atoms with van der Waals surface area (Å²) < 4.78 is 10.8. The van der Waals surface area contributed by atoms with E-state index in [0.717, 1.165) is 10.6 Å². The smallest absolute Gasteiger partial charge is 0.262 e. The number of fused-ring (bicyclic) bond motifs is 2. The molecule has 1 N–H and O–H groups in total. The van der Waals surface area contributed by atoms with Gasteiger partial charge in [-0.2, -0.15) is 0 Å². The van der Waals surface area contributed by atoms with E-state index in [1.165, 1.54) is 11.8 Å². The van der Waals surface area contributed by atoms with Gasteiger partial charge in [-0.3, -0.25) is 9.59 Å². The quantitative estimate of drug-likeness (QED) is 0.674. The van der Waals surface area contributed by atoms with E-state index in [0.29, 0.717) is 27.8 Å². The number of amides is 2. The second-order valence-electron chi connectivity index (χ2n) is 6.49. The van der Waals surface area contributed by atoms with Crippen LogP contribution in [-0.2, 0) is 4.79 Å². The lowest BCUT2D eigenvalue weighted by Gasteiger charge is -2.18. The number of anilines is 2. The highest BCUT2D eigenvalue weighted by molar-refractivity contribution is 7.99. The number of hydrogen-bond acceptors (Lipinski definition) is 6. The Balaban J connectivity index is 1.50. The van der Waals surface area contributed by atoms with Gasteiger partial charge in [-0.1, -0.05) is 23.9 Å². The molecule has 7 nitrogen and oxygen atoms in total. The Bertz CT molecular complexity index is 1120. The summed E-state index contributed by atoms with van der Waals surface area (Å²) in [7, 11) is 3.27. The monoisotopic (exact) mass is 421 g/mol. The average Bonchev–Trinajstić information content (AvgIpc) is 2.87. The summed E-state index contributed by atoms with van der Waals surface area (Å²) in [6.45, 7) is -0.159. The average molecular weight is 421 g/mol. The Morgan fingerprint density at radius 1 is 1.13 bits per heavy atom. The van der Waals surface area contributed by atoms with Crippen molar-refractivity contribution in [1.29, 1.82) is 0 Å². The topological polar surface area (TPSA) is 80.8 Å². The van der Waals surface area contributed by atoms with Crippen LogP contribution in [-0.4, -0.2) is 37.6 Å². The van der Waals surface area contributed by atoms with E-state index in [1.54, 1.807) is 55.6 Å². The third-order valence-electron chi connectivity index (χ3n) is 4.55. The van der Waals surface area contributed by atoms with E-state index in [4.69, 9.17) is 9.47 Å². The maximum absolute atomic E-state index is 12.7. The van der Waals surface area contributed by atoms with Gasteiger partial charge in [0.2, 0.25) is 0 Å². The molecule has 1 aromatic heterocycles. The van der Waals surface area contributed by atoms with Gasteiger partial charge in [-0.15, -0.1) is 0 Å². The zero-order valence-electron chi connectivity index (χ0n) is 16.4. The Hall–Kier alpha value is -3.52. The molecule has 2 aromatic carbocycles. The van der Waals surface area contributed by atoms with Crippen molar-refractivity contribution in [1.82, 2.24) is 4.98 Å². The first-order valence-electron chi connectivity index (χ1n) is 9.17. The van der Waals surface area contributed by atoms with Crippen LogP contribution in [0.15, 0.2) is 70.7 Å². The lowest BCUT2D eigenvalue weighted by molar-refractivity contribution is -0.118. The highest BCUT2D eigenvalue weighted by Gasteiger charge is 2.25. The number of aromatic nitrogens is 1. The molecule has 0 saturated carbocycles. The molecule has 0 fully saturated rings. The van der Waals surface area contributed by atoms with Crippen molar-refractivity contribution >= 4 is 35.0 Å². The zero-order valence-corrected chi connectivity index (χ0v) is 17.2. The van der Waals surface area contributed by atoms with Crippen molar-refractivity contribution in [3.05, 3.63) is 66.4 Å². The highest BCUT2D eigenvalue weighted by Crippen LogP contribution is 2.41. The van der Waals surface area contributed by atoms with Crippen LogP contribution in [0.3, 0.4) is 0 Å². The van der Waals surface area contributed by atoms with E-state index >= 15 is 0 Å². The van der Waals surface area contributed by atoms with Gasteiger partial charge >= 0.3 is 0 Å². The van der Waals surface area contributed by atoms with Gasteiger partial charge in [0.05, 0.1) is 18.4 Å². The fourth-order valence-electron chi connectivity index (χ4n) is 3.06. The molecule has 1 aliphatic rings. The van der Waals surface area contributed by atoms with Gasteiger partial charge < -0.3 is 19.7 Å². The van der Waals surface area contributed by atoms with Crippen molar-refractivity contribution in [3.8, 4) is 11.5 Å². The van der Waals surface area contributed by atoms with Crippen LogP contribution in [0, 0.1) is 0 Å². The van der Waals surface area contributed by atoms with Gasteiger partial charge in [0.1, 0.15) is 5.03 Å².